The molecule has 252 valence electrons. The molecule has 0 fully saturated rings. The van der Waals surface area contributed by atoms with Gasteiger partial charge in [0.2, 0.25) is 0 Å². The van der Waals surface area contributed by atoms with Gasteiger partial charge in [-0.2, -0.15) is 42.4 Å². The molecule has 0 aliphatic rings. The van der Waals surface area contributed by atoms with Crippen molar-refractivity contribution < 1.29 is 25.9 Å². The predicted molar refractivity (Wildman–Crippen MR) is 188 cm³/mol. The van der Waals surface area contributed by atoms with Gasteiger partial charge in [-0.25, -0.2) is 0 Å². The third-order valence-electron chi connectivity index (χ3n) is 7.89. The number of hydrogen-bond donors (Lipinski definition) is 3. The van der Waals surface area contributed by atoms with Crippen LogP contribution in [0.1, 0.15) is 33.4 Å². The molecule has 0 aliphatic carbocycles. The Morgan fingerprint density at radius 1 is 0.469 bits per heavy atom. The standard InChI is InChI=1S/C34H33N7O6S2/c1-18-11-27(19(2)10-26(18)35)36-37-28-12-21(4)29(13-20(28)3)38-39-30-14-23(6)31(15-22(30)5)40-41-32-17-25-24(16-34(32)49(45,46)47)8-7-9-33(25)48(42,43)44/h7-17H,35H2,1-6H3,(H,42,43,44)(H,45,46,47). The number of nitrogen functional groups attached to an aromatic ring is 1. The first-order valence-electron chi connectivity index (χ1n) is 14.8. The average Bonchev–Trinajstić information content (AvgIpc) is 3.01. The largest absolute Gasteiger partial charge is 0.399 e. The smallest absolute Gasteiger partial charge is 0.296 e. The number of anilines is 1. The van der Waals surface area contributed by atoms with Crippen LogP contribution in [0, 0.1) is 41.5 Å². The van der Waals surface area contributed by atoms with E-state index in [-0.39, 0.29) is 16.5 Å². The van der Waals surface area contributed by atoms with Gasteiger partial charge in [0, 0.05) is 11.1 Å². The van der Waals surface area contributed by atoms with Crippen LogP contribution in [0.25, 0.3) is 10.8 Å². The van der Waals surface area contributed by atoms with Crippen molar-refractivity contribution in [2.75, 3.05) is 5.73 Å². The van der Waals surface area contributed by atoms with Crippen LogP contribution < -0.4 is 5.73 Å². The van der Waals surface area contributed by atoms with Gasteiger partial charge in [-0.1, -0.05) is 12.1 Å². The summed E-state index contributed by atoms with van der Waals surface area (Å²) in [6, 6.07) is 17.1. The van der Waals surface area contributed by atoms with Crippen LogP contribution in [0.3, 0.4) is 0 Å². The highest BCUT2D eigenvalue weighted by atomic mass is 32.2. The lowest BCUT2D eigenvalue weighted by atomic mass is 10.1. The Morgan fingerprint density at radius 3 is 1.24 bits per heavy atom. The summed E-state index contributed by atoms with van der Waals surface area (Å²) in [7, 11) is -9.42. The molecule has 0 aliphatic heterocycles. The predicted octanol–water partition coefficient (Wildman–Crippen LogP) is 10.0. The molecule has 0 spiro atoms. The molecule has 0 atom stereocenters. The molecule has 0 unspecified atom stereocenters. The van der Waals surface area contributed by atoms with Gasteiger partial charge in [0.1, 0.15) is 15.5 Å². The van der Waals surface area contributed by atoms with Crippen molar-refractivity contribution in [1.82, 2.24) is 0 Å². The van der Waals surface area contributed by atoms with Crippen LogP contribution in [0.15, 0.2) is 107 Å². The van der Waals surface area contributed by atoms with Gasteiger partial charge in [0.15, 0.2) is 0 Å². The molecular formula is C34H33N7O6S2. The van der Waals surface area contributed by atoms with Crippen molar-refractivity contribution in [1.29, 1.82) is 0 Å². The number of benzene rings is 5. The zero-order valence-electron chi connectivity index (χ0n) is 27.5. The van der Waals surface area contributed by atoms with E-state index in [1.165, 1.54) is 18.2 Å². The van der Waals surface area contributed by atoms with E-state index in [2.05, 4.69) is 30.7 Å². The van der Waals surface area contributed by atoms with E-state index < -0.39 is 30.0 Å². The maximum Gasteiger partial charge on any atom is 0.296 e. The fraction of sp³-hybridized carbons (Fsp3) is 0.176. The number of aryl methyl sites for hydroxylation is 6. The van der Waals surface area contributed by atoms with Gasteiger partial charge >= 0.3 is 0 Å². The van der Waals surface area contributed by atoms with Crippen LogP contribution in [0.5, 0.6) is 0 Å². The number of azo groups is 3. The Labute approximate surface area is 283 Å². The molecule has 49 heavy (non-hydrogen) atoms. The number of hydrogen-bond acceptors (Lipinski definition) is 11. The second kappa shape index (κ2) is 13.4. The lowest BCUT2D eigenvalue weighted by Crippen LogP contribution is -2.01. The molecule has 0 radical (unpaired) electrons. The zero-order chi connectivity index (χ0) is 35.8. The van der Waals surface area contributed by atoms with Crippen LogP contribution in [-0.4, -0.2) is 25.9 Å². The Kier molecular flexibility index (Phi) is 9.56. The molecule has 0 amide bonds. The second-order valence-corrected chi connectivity index (χ2v) is 14.5. The third-order valence-corrected chi connectivity index (χ3v) is 9.68. The first kappa shape index (κ1) is 35.1. The van der Waals surface area contributed by atoms with E-state index in [1.54, 1.807) is 26.0 Å². The molecule has 5 rings (SSSR count). The van der Waals surface area contributed by atoms with Crippen molar-refractivity contribution in [3.05, 3.63) is 100 Å². The Morgan fingerprint density at radius 2 is 0.837 bits per heavy atom. The fourth-order valence-corrected chi connectivity index (χ4v) is 6.38. The highest BCUT2D eigenvalue weighted by molar-refractivity contribution is 7.86. The molecule has 0 bridgehead atoms. The minimum Gasteiger partial charge on any atom is -0.399 e. The topological polar surface area (TPSA) is 209 Å². The summed E-state index contributed by atoms with van der Waals surface area (Å²) in [5.41, 5.74) is 14.3. The summed E-state index contributed by atoms with van der Waals surface area (Å²) < 4.78 is 67.8. The number of nitrogens with zero attached hydrogens (tertiary/aromatic N) is 6. The molecule has 0 saturated heterocycles. The van der Waals surface area contributed by atoms with Gasteiger partial charge in [-0.3, -0.25) is 9.11 Å². The van der Waals surface area contributed by atoms with Crippen molar-refractivity contribution >= 4 is 70.8 Å². The van der Waals surface area contributed by atoms with Crippen LogP contribution >= 0.6 is 0 Å². The van der Waals surface area contributed by atoms with Crippen molar-refractivity contribution in [2.24, 2.45) is 30.7 Å². The lowest BCUT2D eigenvalue weighted by molar-refractivity contribution is 0.482. The molecular weight excluding hydrogens is 667 g/mol. The SMILES string of the molecule is Cc1cc(N=Nc2cc(C)c(N=Nc3cc(C)c(N=Nc4cc5c(S(=O)(=O)O)cccc5cc4S(=O)(=O)O)cc3C)cc2C)c(C)cc1N. The Balaban J connectivity index is 1.44. The van der Waals surface area contributed by atoms with Gasteiger partial charge in [0.25, 0.3) is 20.2 Å². The number of nitrogens with two attached hydrogens (primary N) is 1. The van der Waals surface area contributed by atoms with Crippen molar-refractivity contribution in [3.63, 3.8) is 0 Å². The molecule has 0 saturated carbocycles. The summed E-state index contributed by atoms with van der Waals surface area (Å²) in [5.74, 6) is 0. The molecule has 13 nitrogen and oxygen atoms in total. The maximum atomic E-state index is 12.2. The first-order valence-corrected chi connectivity index (χ1v) is 17.7. The first-order chi connectivity index (χ1) is 22.9. The second-order valence-electron chi connectivity index (χ2n) is 11.7. The zero-order valence-corrected chi connectivity index (χ0v) is 29.1. The minimum absolute atomic E-state index is 0.00336. The highest BCUT2D eigenvalue weighted by Crippen LogP contribution is 2.37. The molecule has 4 N–H and O–H groups in total. The molecule has 0 aromatic heterocycles. The Bertz CT molecular complexity index is 2480. The average molecular weight is 700 g/mol. The van der Waals surface area contributed by atoms with Crippen LogP contribution in [0.4, 0.5) is 39.8 Å². The van der Waals surface area contributed by atoms with Crippen molar-refractivity contribution in [3.8, 4) is 0 Å². The molecule has 15 heteroatoms. The summed E-state index contributed by atoms with van der Waals surface area (Å²) >= 11 is 0. The Hall–Kier alpha value is -5.22. The van der Waals surface area contributed by atoms with E-state index >= 15 is 0 Å². The van der Waals surface area contributed by atoms with E-state index in [0.29, 0.717) is 39.6 Å². The quantitative estimate of drug-likeness (QED) is 0.0809. The van der Waals surface area contributed by atoms with Gasteiger partial charge in [0.05, 0.1) is 28.4 Å². The monoisotopic (exact) mass is 699 g/mol. The van der Waals surface area contributed by atoms with E-state index in [0.717, 1.165) is 40.1 Å². The van der Waals surface area contributed by atoms with Gasteiger partial charge < -0.3 is 5.73 Å². The van der Waals surface area contributed by atoms with E-state index in [1.807, 2.05) is 52.0 Å². The van der Waals surface area contributed by atoms with E-state index in [9.17, 15) is 25.9 Å². The summed E-state index contributed by atoms with van der Waals surface area (Å²) in [6.07, 6.45) is 0. The number of fused-ring (bicyclic) bond motifs is 1. The highest BCUT2D eigenvalue weighted by Gasteiger charge is 2.21. The van der Waals surface area contributed by atoms with Gasteiger partial charge in [-0.15, -0.1) is 5.11 Å². The van der Waals surface area contributed by atoms with Crippen LogP contribution in [-0.2, 0) is 20.2 Å². The minimum atomic E-state index is -4.78. The fourth-order valence-electron chi connectivity index (χ4n) is 5.03. The summed E-state index contributed by atoms with van der Waals surface area (Å²) in [5, 5.41) is 26.2. The maximum absolute atomic E-state index is 12.2. The van der Waals surface area contributed by atoms with Gasteiger partial charge in [-0.05, 0) is 135 Å². The van der Waals surface area contributed by atoms with Crippen molar-refractivity contribution in [2.45, 2.75) is 51.3 Å². The molecule has 5 aromatic carbocycles. The third kappa shape index (κ3) is 7.76. The normalized spacial score (nSPS) is 12.7. The number of rotatable bonds is 8. The summed E-state index contributed by atoms with van der Waals surface area (Å²) in [6.45, 7) is 11.2. The van der Waals surface area contributed by atoms with E-state index in [4.69, 9.17) is 5.73 Å². The molecule has 0 heterocycles. The molecule has 5 aromatic rings. The van der Waals surface area contributed by atoms with Crippen LogP contribution in [0.2, 0.25) is 0 Å². The summed E-state index contributed by atoms with van der Waals surface area (Å²) in [4.78, 5) is -1.03. The lowest BCUT2D eigenvalue weighted by Gasteiger charge is -2.09.